The van der Waals surface area contributed by atoms with Gasteiger partial charge in [-0.1, -0.05) is 17.4 Å². The molecule has 0 radical (unpaired) electrons. The summed E-state index contributed by atoms with van der Waals surface area (Å²) in [5.41, 5.74) is 0. The van der Waals surface area contributed by atoms with Gasteiger partial charge in [-0.15, -0.1) is 16.8 Å². The van der Waals surface area contributed by atoms with Crippen LogP contribution in [0.4, 0.5) is 5.13 Å². The molecule has 0 aliphatic carbocycles. The van der Waals surface area contributed by atoms with E-state index in [4.69, 9.17) is 4.74 Å². The first-order chi connectivity index (χ1) is 8.65. The molecule has 1 amide bonds. The fraction of sp³-hybridized carbons (Fsp3) is 0.455. The highest BCUT2D eigenvalue weighted by Gasteiger charge is 2.31. The predicted molar refractivity (Wildman–Crippen MR) is 66.5 cm³/mol. The van der Waals surface area contributed by atoms with Crippen molar-refractivity contribution in [3.05, 3.63) is 17.7 Å². The highest BCUT2D eigenvalue weighted by atomic mass is 32.1. The van der Waals surface area contributed by atoms with Gasteiger partial charge in [0.2, 0.25) is 16.0 Å². The SMILES string of the molecule is C=CC1CC(=O)N(c2nnc(C(=O)OCC)s2)C1. The van der Waals surface area contributed by atoms with E-state index >= 15 is 0 Å². The van der Waals surface area contributed by atoms with Crippen LogP contribution in [0.15, 0.2) is 12.7 Å². The molecule has 1 aromatic heterocycles. The number of rotatable bonds is 4. The first-order valence-corrected chi connectivity index (χ1v) is 6.41. The Morgan fingerprint density at radius 2 is 2.44 bits per heavy atom. The summed E-state index contributed by atoms with van der Waals surface area (Å²) >= 11 is 1.07. The van der Waals surface area contributed by atoms with E-state index in [1.807, 2.05) is 0 Å². The normalized spacial score (nSPS) is 19.1. The number of nitrogens with zero attached hydrogens (tertiary/aromatic N) is 3. The summed E-state index contributed by atoms with van der Waals surface area (Å²) < 4.78 is 4.82. The number of amides is 1. The molecule has 1 saturated heterocycles. The lowest BCUT2D eigenvalue weighted by molar-refractivity contribution is -0.117. The third kappa shape index (κ3) is 2.40. The molecule has 18 heavy (non-hydrogen) atoms. The fourth-order valence-corrected chi connectivity index (χ4v) is 2.44. The average molecular weight is 267 g/mol. The maximum absolute atomic E-state index is 11.7. The third-order valence-electron chi connectivity index (χ3n) is 2.58. The van der Waals surface area contributed by atoms with Crippen molar-refractivity contribution in [2.24, 2.45) is 5.92 Å². The fourth-order valence-electron chi connectivity index (χ4n) is 1.68. The van der Waals surface area contributed by atoms with Gasteiger partial charge >= 0.3 is 5.97 Å². The van der Waals surface area contributed by atoms with Crippen molar-refractivity contribution in [3.63, 3.8) is 0 Å². The Kier molecular flexibility index (Phi) is 3.71. The van der Waals surface area contributed by atoms with Gasteiger partial charge in [-0.25, -0.2) is 4.79 Å². The number of anilines is 1. The minimum atomic E-state index is -0.506. The average Bonchev–Trinajstić information content (AvgIpc) is 2.95. The van der Waals surface area contributed by atoms with E-state index in [0.717, 1.165) is 11.3 Å². The second-order valence-electron chi connectivity index (χ2n) is 3.81. The topological polar surface area (TPSA) is 72.4 Å². The monoisotopic (exact) mass is 267 g/mol. The molecule has 1 fully saturated rings. The maximum Gasteiger partial charge on any atom is 0.369 e. The van der Waals surface area contributed by atoms with Crippen molar-refractivity contribution in [1.82, 2.24) is 10.2 Å². The van der Waals surface area contributed by atoms with E-state index in [1.165, 1.54) is 4.90 Å². The van der Waals surface area contributed by atoms with E-state index in [2.05, 4.69) is 16.8 Å². The second kappa shape index (κ2) is 5.26. The maximum atomic E-state index is 11.7. The predicted octanol–water partition coefficient (Wildman–Crippen LogP) is 1.25. The van der Waals surface area contributed by atoms with Gasteiger partial charge in [0.05, 0.1) is 6.61 Å². The van der Waals surface area contributed by atoms with Gasteiger partial charge in [0.15, 0.2) is 0 Å². The third-order valence-corrected chi connectivity index (χ3v) is 3.51. The van der Waals surface area contributed by atoms with Crippen molar-refractivity contribution in [1.29, 1.82) is 0 Å². The minimum Gasteiger partial charge on any atom is -0.461 e. The second-order valence-corrected chi connectivity index (χ2v) is 4.77. The van der Waals surface area contributed by atoms with Crippen molar-refractivity contribution in [3.8, 4) is 0 Å². The van der Waals surface area contributed by atoms with Crippen LogP contribution in [0.2, 0.25) is 0 Å². The van der Waals surface area contributed by atoms with Crippen molar-refractivity contribution in [2.45, 2.75) is 13.3 Å². The van der Waals surface area contributed by atoms with Crippen molar-refractivity contribution >= 4 is 28.3 Å². The molecular weight excluding hydrogens is 254 g/mol. The van der Waals surface area contributed by atoms with Crippen LogP contribution in [-0.4, -0.2) is 35.2 Å². The van der Waals surface area contributed by atoms with E-state index < -0.39 is 5.97 Å². The van der Waals surface area contributed by atoms with E-state index in [9.17, 15) is 9.59 Å². The number of aromatic nitrogens is 2. The molecule has 0 bridgehead atoms. The molecule has 96 valence electrons. The van der Waals surface area contributed by atoms with E-state index in [0.29, 0.717) is 18.1 Å². The molecule has 7 heteroatoms. The van der Waals surface area contributed by atoms with Crippen LogP contribution in [0.3, 0.4) is 0 Å². The van der Waals surface area contributed by atoms with Gasteiger partial charge in [-0.05, 0) is 6.92 Å². The molecule has 2 heterocycles. The first-order valence-electron chi connectivity index (χ1n) is 5.59. The summed E-state index contributed by atoms with van der Waals surface area (Å²) in [5.74, 6) is -0.396. The number of carbonyl (C=O) groups excluding carboxylic acids is 2. The summed E-state index contributed by atoms with van der Waals surface area (Å²) in [7, 11) is 0. The first kappa shape index (κ1) is 12.7. The van der Waals surface area contributed by atoms with Crippen LogP contribution in [0.5, 0.6) is 0 Å². The quantitative estimate of drug-likeness (QED) is 0.606. The van der Waals surface area contributed by atoms with Gasteiger partial charge in [0.1, 0.15) is 0 Å². The molecule has 2 rings (SSSR count). The Morgan fingerprint density at radius 1 is 1.67 bits per heavy atom. The molecule has 0 aromatic carbocycles. The van der Waals surface area contributed by atoms with Crippen LogP contribution in [0, 0.1) is 5.92 Å². The van der Waals surface area contributed by atoms with Crippen molar-refractivity contribution < 1.29 is 14.3 Å². The zero-order valence-electron chi connectivity index (χ0n) is 9.96. The van der Waals surface area contributed by atoms with Crippen molar-refractivity contribution in [2.75, 3.05) is 18.1 Å². The highest BCUT2D eigenvalue weighted by molar-refractivity contribution is 7.17. The Balaban J connectivity index is 2.13. The standard InChI is InChI=1S/C11H13N3O3S/c1-3-7-5-8(15)14(6-7)11-13-12-9(18-11)10(16)17-4-2/h3,7H,1,4-6H2,2H3. The lowest BCUT2D eigenvalue weighted by atomic mass is 10.1. The number of carbonyl (C=O) groups is 2. The molecule has 0 spiro atoms. The Labute approximate surface area is 108 Å². The summed E-state index contributed by atoms with van der Waals surface area (Å²) in [6, 6.07) is 0. The lowest BCUT2D eigenvalue weighted by Gasteiger charge is -2.10. The zero-order valence-corrected chi connectivity index (χ0v) is 10.8. The van der Waals surface area contributed by atoms with Crippen LogP contribution in [0.25, 0.3) is 0 Å². The highest BCUT2D eigenvalue weighted by Crippen LogP contribution is 2.28. The van der Waals surface area contributed by atoms with Gasteiger partial charge in [-0.3, -0.25) is 9.69 Å². The number of hydrogen-bond acceptors (Lipinski definition) is 6. The zero-order chi connectivity index (χ0) is 13.1. The number of ether oxygens (including phenoxy) is 1. The molecule has 1 atom stereocenters. The Hall–Kier alpha value is -1.76. The van der Waals surface area contributed by atoms with Gasteiger partial charge in [0.25, 0.3) is 0 Å². The molecule has 0 saturated carbocycles. The summed E-state index contributed by atoms with van der Waals surface area (Å²) in [6.07, 6.45) is 2.18. The van der Waals surface area contributed by atoms with Crippen LogP contribution in [-0.2, 0) is 9.53 Å². The van der Waals surface area contributed by atoms with Crippen LogP contribution >= 0.6 is 11.3 Å². The molecule has 1 unspecified atom stereocenters. The number of hydrogen-bond donors (Lipinski definition) is 0. The van der Waals surface area contributed by atoms with Gasteiger partial charge < -0.3 is 4.74 Å². The minimum absolute atomic E-state index is 0.0218. The Morgan fingerprint density at radius 3 is 3.06 bits per heavy atom. The molecule has 1 aliphatic rings. The summed E-state index contributed by atoms with van der Waals surface area (Å²) in [5, 5.41) is 8.20. The molecule has 0 N–H and O–H groups in total. The van der Waals surface area contributed by atoms with E-state index in [1.54, 1.807) is 13.0 Å². The lowest BCUT2D eigenvalue weighted by Crippen LogP contribution is -2.24. The smallest absolute Gasteiger partial charge is 0.369 e. The summed E-state index contributed by atoms with van der Waals surface area (Å²) in [4.78, 5) is 24.7. The van der Waals surface area contributed by atoms with Gasteiger partial charge in [0, 0.05) is 18.9 Å². The largest absolute Gasteiger partial charge is 0.461 e. The van der Waals surface area contributed by atoms with Gasteiger partial charge in [-0.2, -0.15) is 0 Å². The molecule has 1 aromatic rings. The molecule has 6 nitrogen and oxygen atoms in total. The van der Waals surface area contributed by atoms with Crippen LogP contribution < -0.4 is 4.90 Å². The summed E-state index contributed by atoms with van der Waals surface area (Å²) in [6.45, 7) is 6.23. The molecule has 1 aliphatic heterocycles. The molecular formula is C11H13N3O3S. The van der Waals surface area contributed by atoms with E-state index in [-0.39, 0.29) is 23.4 Å². The Bertz CT molecular complexity index is 486. The van der Waals surface area contributed by atoms with Crippen LogP contribution in [0.1, 0.15) is 23.1 Å². The number of esters is 1.